The van der Waals surface area contributed by atoms with Crippen molar-refractivity contribution in [3.8, 4) is 11.9 Å². The number of likely N-dealkylation sites (tertiary alicyclic amines) is 1. The van der Waals surface area contributed by atoms with Crippen LogP contribution in [-0.4, -0.2) is 50.1 Å². The van der Waals surface area contributed by atoms with Gasteiger partial charge in [0.15, 0.2) is 6.19 Å². The molecule has 0 bridgehead atoms. The average molecular weight is 469 g/mol. The summed E-state index contributed by atoms with van der Waals surface area (Å²) in [4.78, 5) is 10.5. The monoisotopic (exact) mass is 468 g/mol. The van der Waals surface area contributed by atoms with Gasteiger partial charge in [-0.25, -0.2) is 8.91 Å². The molecule has 2 N–H and O–H groups in total. The minimum Gasteiger partial charge on any atom is -0.485 e. The maximum Gasteiger partial charge on any atom is 0.179 e. The number of rotatable bonds is 6. The molecule has 4 rings (SSSR count). The number of piperidine rings is 1. The SMILES string of the molecule is CC(=NC1CCN(C#N)CC1)/C(=N\N)c1cc(OCc2ccc(F)cn2)c2c(Cl)cnn2c1. The van der Waals surface area contributed by atoms with Crippen molar-refractivity contribution < 1.29 is 9.13 Å². The molecule has 1 aliphatic heterocycles. The molecule has 1 saturated heterocycles. The zero-order chi connectivity index (χ0) is 23.4. The normalized spacial score (nSPS) is 15.6. The average Bonchev–Trinajstić information content (AvgIpc) is 3.20. The third kappa shape index (κ3) is 5.04. The molecule has 9 nitrogen and oxygen atoms in total. The molecule has 0 amide bonds. The smallest absolute Gasteiger partial charge is 0.179 e. The van der Waals surface area contributed by atoms with E-state index in [1.165, 1.54) is 12.3 Å². The zero-order valence-corrected chi connectivity index (χ0v) is 18.7. The first-order valence-corrected chi connectivity index (χ1v) is 10.7. The molecule has 170 valence electrons. The molecule has 0 radical (unpaired) electrons. The Bertz CT molecular complexity index is 1240. The van der Waals surface area contributed by atoms with Gasteiger partial charge in [-0.1, -0.05) is 11.6 Å². The third-order valence-electron chi connectivity index (χ3n) is 5.42. The number of hydrogen-bond acceptors (Lipinski definition) is 8. The van der Waals surface area contributed by atoms with E-state index in [0.717, 1.165) is 19.0 Å². The van der Waals surface area contributed by atoms with Crippen LogP contribution in [0, 0.1) is 17.3 Å². The number of aromatic nitrogens is 3. The van der Waals surface area contributed by atoms with Crippen LogP contribution in [0.2, 0.25) is 5.02 Å². The molecule has 1 fully saturated rings. The Labute approximate surface area is 194 Å². The van der Waals surface area contributed by atoms with Crippen molar-refractivity contribution in [3.05, 3.63) is 58.9 Å². The number of nitrogens with zero attached hydrogens (tertiary/aromatic N) is 7. The highest BCUT2D eigenvalue weighted by molar-refractivity contribution is 6.47. The molecule has 3 aromatic rings. The van der Waals surface area contributed by atoms with Crippen molar-refractivity contribution in [2.75, 3.05) is 13.1 Å². The van der Waals surface area contributed by atoms with Gasteiger partial charge in [0.05, 0.1) is 34.9 Å². The van der Waals surface area contributed by atoms with Crippen LogP contribution >= 0.6 is 11.6 Å². The third-order valence-corrected chi connectivity index (χ3v) is 5.70. The van der Waals surface area contributed by atoms with Gasteiger partial charge in [0.1, 0.15) is 29.4 Å². The Hall–Kier alpha value is -3.71. The van der Waals surface area contributed by atoms with Gasteiger partial charge in [0.25, 0.3) is 0 Å². The fraction of sp³-hybridized carbons (Fsp3) is 0.318. The topological polar surface area (TPSA) is 117 Å². The van der Waals surface area contributed by atoms with Crippen molar-refractivity contribution >= 4 is 28.5 Å². The highest BCUT2D eigenvalue weighted by atomic mass is 35.5. The van der Waals surface area contributed by atoms with Crippen LogP contribution in [0.4, 0.5) is 4.39 Å². The Morgan fingerprint density at radius 3 is 2.82 bits per heavy atom. The van der Waals surface area contributed by atoms with E-state index in [1.54, 1.807) is 27.7 Å². The van der Waals surface area contributed by atoms with Crippen LogP contribution in [0.25, 0.3) is 5.52 Å². The van der Waals surface area contributed by atoms with Gasteiger partial charge in [-0.2, -0.15) is 15.5 Å². The number of fused-ring (bicyclic) bond motifs is 1. The first-order valence-electron chi connectivity index (χ1n) is 10.4. The Morgan fingerprint density at radius 2 is 2.15 bits per heavy atom. The first kappa shape index (κ1) is 22.5. The molecule has 33 heavy (non-hydrogen) atoms. The van der Waals surface area contributed by atoms with Crippen LogP contribution in [-0.2, 0) is 6.61 Å². The number of pyridine rings is 2. The Morgan fingerprint density at radius 1 is 1.36 bits per heavy atom. The van der Waals surface area contributed by atoms with Crippen LogP contribution in [0.15, 0.2) is 46.9 Å². The lowest BCUT2D eigenvalue weighted by molar-refractivity contribution is 0.297. The van der Waals surface area contributed by atoms with Gasteiger partial charge < -0.3 is 15.5 Å². The van der Waals surface area contributed by atoms with E-state index in [9.17, 15) is 4.39 Å². The summed E-state index contributed by atoms with van der Waals surface area (Å²) in [5.74, 6) is 5.78. The predicted molar refractivity (Wildman–Crippen MR) is 123 cm³/mol. The van der Waals surface area contributed by atoms with Gasteiger partial charge in [-0.15, -0.1) is 0 Å². The highest BCUT2D eigenvalue weighted by Crippen LogP contribution is 2.29. The number of nitrogens with two attached hydrogens (primary N) is 1. The van der Waals surface area contributed by atoms with Crippen molar-refractivity contribution in [3.63, 3.8) is 0 Å². The Balaban J connectivity index is 1.61. The van der Waals surface area contributed by atoms with Gasteiger partial charge in [-0.3, -0.25) is 9.98 Å². The number of nitriles is 1. The quantitative estimate of drug-likeness (QED) is 0.257. The maximum absolute atomic E-state index is 13.1. The summed E-state index contributed by atoms with van der Waals surface area (Å²) in [5.41, 5.74) is 2.97. The molecule has 0 aliphatic carbocycles. The molecule has 0 atom stereocenters. The van der Waals surface area contributed by atoms with Crippen molar-refractivity contribution in [1.82, 2.24) is 19.5 Å². The largest absolute Gasteiger partial charge is 0.485 e. The van der Waals surface area contributed by atoms with Crippen LogP contribution < -0.4 is 10.6 Å². The molecule has 1 aliphatic rings. The van der Waals surface area contributed by atoms with Crippen molar-refractivity contribution in [2.24, 2.45) is 15.9 Å². The number of ether oxygens (including phenoxy) is 1. The summed E-state index contributed by atoms with van der Waals surface area (Å²) in [5, 5.41) is 17.7. The van der Waals surface area contributed by atoms with E-state index in [1.807, 2.05) is 6.92 Å². The van der Waals surface area contributed by atoms with Gasteiger partial charge >= 0.3 is 0 Å². The van der Waals surface area contributed by atoms with Crippen LogP contribution in [0.1, 0.15) is 31.0 Å². The van der Waals surface area contributed by atoms with Gasteiger partial charge in [0.2, 0.25) is 0 Å². The summed E-state index contributed by atoms with van der Waals surface area (Å²) >= 11 is 6.33. The lowest BCUT2D eigenvalue weighted by Gasteiger charge is -2.26. The van der Waals surface area contributed by atoms with E-state index in [0.29, 0.717) is 52.1 Å². The number of halogens is 2. The maximum atomic E-state index is 13.1. The van der Waals surface area contributed by atoms with Gasteiger partial charge in [0, 0.05) is 24.8 Å². The molecular formula is C22H22ClFN8O. The molecule has 0 spiro atoms. The molecule has 0 aromatic carbocycles. The molecule has 3 aromatic heterocycles. The van der Waals surface area contributed by atoms with Crippen LogP contribution in [0.3, 0.4) is 0 Å². The van der Waals surface area contributed by atoms with E-state index in [2.05, 4.69) is 21.4 Å². The molecule has 4 heterocycles. The minimum absolute atomic E-state index is 0.0921. The molecular weight excluding hydrogens is 447 g/mol. The van der Waals surface area contributed by atoms with E-state index >= 15 is 0 Å². The lowest BCUT2D eigenvalue weighted by atomic mass is 10.0. The fourth-order valence-electron chi connectivity index (χ4n) is 3.74. The predicted octanol–water partition coefficient (Wildman–Crippen LogP) is 3.17. The summed E-state index contributed by atoms with van der Waals surface area (Å²) in [6.07, 6.45) is 8.16. The minimum atomic E-state index is -0.418. The number of hydrogen-bond donors (Lipinski definition) is 1. The molecule has 0 unspecified atom stereocenters. The molecule has 11 heteroatoms. The van der Waals surface area contributed by atoms with Crippen molar-refractivity contribution in [2.45, 2.75) is 32.4 Å². The number of aliphatic imine (C=N–C) groups is 1. The van der Waals surface area contributed by atoms with Crippen molar-refractivity contribution in [1.29, 1.82) is 5.26 Å². The van der Waals surface area contributed by atoms with E-state index < -0.39 is 5.82 Å². The summed E-state index contributed by atoms with van der Waals surface area (Å²) in [7, 11) is 0. The Kier molecular flexibility index (Phi) is 6.70. The second-order valence-corrected chi connectivity index (χ2v) is 8.05. The van der Waals surface area contributed by atoms with Gasteiger partial charge in [-0.05, 0) is 38.0 Å². The number of hydrazone groups is 1. The lowest BCUT2D eigenvalue weighted by Crippen LogP contribution is -2.32. The van der Waals surface area contributed by atoms with E-state index in [-0.39, 0.29) is 12.6 Å². The second kappa shape index (κ2) is 9.83. The summed E-state index contributed by atoms with van der Waals surface area (Å²) in [6, 6.07) is 4.74. The standard InChI is InChI=1S/C22H22ClFN8O/c1-14(29-17-4-6-31(13-25)7-5-17)21(30-26)15-8-20(22-19(23)10-28-32(22)11-15)33-12-18-3-2-16(24)9-27-18/h2-3,8-11,17H,4-7,12,26H2,1H3/b29-14?,30-21+. The van der Waals surface area contributed by atoms with E-state index in [4.69, 9.17) is 32.4 Å². The molecule has 0 saturated carbocycles. The fourth-order valence-corrected chi connectivity index (χ4v) is 3.96. The summed E-state index contributed by atoms with van der Waals surface area (Å²) in [6.45, 7) is 3.33. The first-order chi connectivity index (χ1) is 16.0. The second-order valence-electron chi connectivity index (χ2n) is 7.65. The summed E-state index contributed by atoms with van der Waals surface area (Å²) < 4.78 is 20.7. The van der Waals surface area contributed by atoms with Crippen LogP contribution in [0.5, 0.6) is 5.75 Å². The zero-order valence-electron chi connectivity index (χ0n) is 17.9. The highest BCUT2D eigenvalue weighted by Gasteiger charge is 2.20.